The second kappa shape index (κ2) is 13.7. The Kier molecular flexibility index (Phi) is 9.60. The van der Waals surface area contributed by atoms with Gasteiger partial charge in [0.25, 0.3) is 0 Å². The quantitative estimate of drug-likeness (QED) is 0.115. The fraction of sp³-hybridized carbons (Fsp3) is 0.114. The van der Waals surface area contributed by atoms with Crippen molar-refractivity contribution in [2.24, 2.45) is 0 Å². The Morgan fingerprint density at radius 3 is 1.50 bits per heavy atom. The first-order chi connectivity index (χ1) is 20.5. The molecule has 0 unspecified atom stereocenters. The van der Waals surface area contributed by atoms with Crippen LogP contribution in [0.4, 0.5) is 0 Å². The van der Waals surface area contributed by atoms with Gasteiger partial charge < -0.3 is 0 Å². The SMILES string of the molecule is O=C(CCC[PH](c1ccccc1)(c1ccccc1)c1ccccc1)OCNS(=O)(=O)c1ccc(-c2ccccc2)cc1. The number of rotatable bonds is 12. The molecule has 5 nitrogen and oxygen atoms in total. The molecule has 0 heterocycles. The van der Waals surface area contributed by atoms with Gasteiger partial charge in [-0.05, 0) is 5.56 Å². The summed E-state index contributed by atoms with van der Waals surface area (Å²) in [7, 11) is -6.27. The topological polar surface area (TPSA) is 72.5 Å². The van der Waals surface area contributed by atoms with E-state index in [1.54, 1.807) is 24.3 Å². The first-order valence-electron chi connectivity index (χ1n) is 14.0. The third kappa shape index (κ3) is 6.85. The van der Waals surface area contributed by atoms with Crippen LogP contribution in [0.2, 0.25) is 0 Å². The van der Waals surface area contributed by atoms with E-state index in [1.165, 1.54) is 15.9 Å². The van der Waals surface area contributed by atoms with Gasteiger partial charge in [-0.25, -0.2) is 0 Å². The Morgan fingerprint density at radius 1 is 0.595 bits per heavy atom. The van der Waals surface area contributed by atoms with Gasteiger partial charge in [-0.1, -0.05) is 30.3 Å². The van der Waals surface area contributed by atoms with Crippen molar-refractivity contribution in [3.8, 4) is 11.1 Å². The average molecular weight is 596 g/mol. The van der Waals surface area contributed by atoms with Crippen LogP contribution in [-0.4, -0.2) is 27.3 Å². The normalized spacial score (nSPS) is 12.0. The van der Waals surface area contributed by atoms with Crippen LogP contribution in [0.25, 0.3) is 11.1 Å². The molecule has 0 spiro atoms. The van der Waals surface area contributed by atoms with Crippen LogP contribution in [0.1, 0.15) is 12.8 Å². The van der Waals surface area contributed by atoms with Crippen LogP contribution >= 0.6 is 7.26 Å². The zero-order valence-electron chi connectivity index (χ0n) is 23.2. The van der Waals surface area contributed by atoms with Crippen LogP contribution < -0.4 is 20.6 Å². The van der Waals surface area contributed by atoms with Gasteiger partial charge in [-0.15, -0.1) is 0 Å². The Morgan fingerprint density at radius 2 is 1.02 bits per heavy atom. The van der Waals surface area contributed by atoms with E-state index in [-0.39, 0.29) is 11.3 Å². The summed E-state index contributed by atoms with van der Waals surface area (Å²) in [6, 6.07) is 47.9. The van der Waals surface area contributed by atoms with Crippen molar-refractivity contribution in [3.05, 3.63) is 146 Å². The standard InChI is InChI=1S/C35H34NO4PS/c37-35(40-28-36-42(38,39)34-25-23-30(24-26-34)29-14-5-1-6-15-29)22-13-27-41(31-16-7-2-8-17-31,32-18-9-3-10-19-32)33-20-11-4-12-21-33/h1-12,14-21,23-26,36,41H,13,22,27-28H2. The predicted molar refractivity (Wildman–Crippen MR) is 174 cm³/mol. The van der Waals surface area contributed by atoms with Gasteiger partial charge in [0.05, 0.1) is 0 Å². The molecule has 42 heavy (non-hydrogen) atoms. The van der Waals surface area contributed by atoms with Crippen LogP contribution in [0.3, 0.4) is 0 Å². The molecule has 0 saturated heterocycles. The minimum absolute atomic E-state index is 0.114. The van der Waals surface area contributed by atoms with Gasteiger partial charge >= 0.3 is 213 Å². The molecule has 0 amide bonds. The Bertz CT molecular complexity index is 1580. The molecule has 0 aromatic heterocycles. The fourth-order valence-corrected chi connectivity index (χ4v) is 11.1. The Hall–Kier alpha value is -4.09. The van der Waals surface area contributed by atoms with Crippen molar-refractivity contribution in [1.82, 2.24) is 4.72 Å². The summed E-state index contributed by atoms with van der Waals surface area (Å²) in [6.07, 6.45) is 1.60. The summed E-state index contributed by atoms with van der Waals surface area (Å²) in [6.45, 7) is -0.416. The van der Waals surface area contributed by atoms with Gasteiger partial charge in [0.15, 0.2) is 0 Å². The van der Waals surface area contributed by atoms with E-state index in [0.29, 0.717) is 6.42 Å². The van der Waals surface area contributed by atoms with Crippen LogP contribution in [-0.2, 0) is 19.6 Å². The summed E-state index contributed by atoms with van der Waals surface area (Å²) in [4.78, 5) is 12.8. The molecule has 214 valence electrons. The number of esters is 1. The van der Waals surface area contributed by atoms with Crippen molar-refractivity contribution in [2.45, 2.75) is 17.7 Å². The molecule has 0 aliphatic heterocycles. The van der Waals surface area contributed by atoms with Gasteiger partial charge in [0, 0.05) is 0 Å². The van der Waals surface area contributed by atoms with E-state index in [2.05, 4.69) is 77.5 Å². The van der Waals surface area contributed by atoms with Crippen molar-refractivity contribution >= 4 is 39.2 Å². The second-order valence-corrected chi connectivity index (χ2v) is 15.9. The molecule has 5 rings (SSSR count). The van der Waals surface area contributed by atoms with Crippen LogP contribution in [0, 0.1) is 0 Å². The number of ether oxygens (including phenoxy) is 1. The molecular weight excluding hydrogens is 561 g/mol. The minimum atomic E-state index is -3.83. The molecule has 0 aliphatic rings. The monoisotopic (exact) mass is 595 g/mol. The summed E-state index contributed by atoms with van der Waals surface area (Å²) >= 11 is 0. The van der Waals surface area contributed by atoms with Crippen molar-refractivity contribution in [1.29, 1.82) is 0 Å². The van der Waals surface area contributed by atoms with E-state index in [0.717, 1.165) is 17.3 Å². The summed E-state index contributed by atoms with van der Waals surface area (Å²) in [5, 5.41) is 3.84. The summed E-state index contributed by atoms with van der Waals surface area (Å²) < 4.78 is 33.3. The molecular formula is C35H34NO4PS. The number of carbonyl (C=O) groups is 1. The van der Waals surface area contributed by atoms with Crippen molar-refractivity contribution < 1.29 is 17.9 Å². The number of benzene rings is 5. The first-order valence-corrected chi connectivity index (χ1v) is 17.7. The molecule has 7 heteroatoms. The Balaban J connectivity index is 1.23. The van der Waals surface area contributed by atoms with Gasteiger partial charge in [-0.2, -0.15) is 0 Å². The zero-order chi connectivity index (χ0) is 29.3. The molecule has 0 radical (unpaired) electrons. The number of sulfonamides is 1. The average Bonchev–Trinajstić information content (AvgIpc) is 3.05. The maximum absolute atomic E-state index is 12.8. The molecule has 0 atom stereocenters. The zero-order valence-corrected chi connectivity index (χ0v) is 25.0. The van der Waals surface area contributed by atoms with E-state index < -0.39 is 30.0 Å². The molecule has 0 saturated carbocycles. The van der Waals surface area contributed by atoms with Gasteiger partial charge in [0.1, 0.15) is 0 Å². The number of carbonyl (C=O) groups excluding carboxylic acids is 1. The Labute approximate surface area is 248 Å². The first kappa shape index (κ1) is 29.4. The predicted octanol–water partition coefficient (Wildman–Crippen LogP) is 5.64. The number of hydrogen-bond acceptors (Lipinski definition) is 4. The molecule has 0 fully saturated rings. The number of hydrogen-bond donors (Lipinski definition) is 1. The molecule has 5 aromatic carbocycles. The van der Waals surface area contributed by atoms with Crippen molar-refractivity contribution in [2.75, 3.05) is 12.9 Å². The third-order valence-corrected chi connectivity index (χ3v) is 13.9. The molecule has 0 aliphatic carbocycles. The summed E-state index contributed by atoms with van der Waals surface area (Å²) in [5.41, 5.74) is 1.92. The molecule has 5 aromatic rings. The van der Waals surface area contributed by atoms with E-state index >= 15 is 0 Å². The van der Waals surface area contributed by atoms with E-state index in [1.807, 2.05) is 48.5 Å². The maximum atomic E-state index is 12.8. The van der Waals surface area contributed by atoms with E-state index in [4.69, 9.17) is 4.74 Å². The van der Waals surface area contributed by atoms with Crippen LogP contribution in [0.5, 0.6) is 0 Å². The van der Waals surface area contributed by atoms with Gasteiger partial charge in [-0.3, -0.25) is 0 Å². The number of nitrogens with one attached hydrogen (secondary N) is 1. The second-order valence-electron chi connectivity index (χ2n) is 10.1. The summed E-state index contributed by atoms with van der Waals surface area (Å²) in [5.74, 6) is -0.436. The van der Waals surface area contributed by atoms with E-state index in [9.17, 15) is 13.2 Å². The van der Waals surface area contributed by atoms with Crippen LogP contribution in [0.15, 0.2) is 150 Å². The molecule has 0 bridgehead atoms. The fourth-order valence-electron chi connectivity index (χ4n) is 5.40. The van der Waals surface area contributed by atoms with Gasteiger partial charge in [0.2, 0.25) is 0 Å². The van der Waals surface area contributed by atoms with Crippen molar-refractivity contribution in [3.63, 3.8) is 0 Å². The molecule has 1 N–H and O–H groups in total. The third-order valence-electron chi connectivity index (χ3n) is 7.49.